The van der Waals surface area contributed by atoms with Gasteiger partial charge in [-0.05, 0) is 48.0 Å². The van der Waals surface area contributed by atoms with Crippen molar-refractivity contribution in [1.82, 2.24) is 4.57 Å². The van der Waals surface area contributed by atoms with Gasteiger partial charge in [-0.25, -0.2) is 0 Å². The minimum absolute atomic E-state index is 0.00287. The Balaban J connectivity index is 0.000000218. The van der Waals surface area contributed by atoms with Crippen molar-refractivity contribution in [2.75, 3.05) is 5.73 Å². The zero-order valence-corrected chi connectivity index (χ0v) is 17.5. The molecule has 0 spiro atoms. The predicted octanol–water partition coefficient (Wildman–Crippen LogP) is 3.47. The molecule has 4 aromatic rings. The van der Waals surface area contributed by atoms with Crippen molar-refractivity contribution in [2.24, 2.45) is 5.73 Å². The van der Waals surface area contributed by atoms with Gasteiger partial charge in [0, 0.05) is 34.6 Å². The van der Waals surface area contributed by atoms with Gasteiger partial charge in [0.1, 0.15) is 11.8 Å². The number of phenols is 1. The number of phenolic OH excluding ortho intramolecular Hbond substituents is 1. The number of aromatic hydroxyl groups is 1. The number of benzene rings is 3. The van der Waals surface area contributed by atoms with Crippen LogP contribution in [0.4, 0.5) is 5.69 Å². The molecule has 8 nitrogen and oxygen atoms in total. The van der Waals surface area contributed by atoms with Gasteiger partial charge in [-0.2, -0.15) is 5.26 Å². The lowest BCUT2D eigenvalue weighted by atomic mass is 10.1. The second-order valence-corrected chi connectivity index (χ2v) is 7.13. The van der Waals surface area contributed by atoms with E-state index in [4.69, 9.17) is 27.2 Å². The molecule has 0 fully saturated rings. The van der Waals surface area contributed by atoms with E-state index in [0.29, 0.717) is 12.1 Å². The van der Waals surface area contributed by atoms with E-state index in [-0.39, 0.29) is 22.8 Å². The van der Waals surface area contributed by atoms with Crippen molar-refractivity contribution in [1.29, 1.82) is 10.7 Å². The molecule has 6 N–H and O–H groups in total. The molecule has 0 aliphatic heterocycles. The fraction of sp³-hybridized carbons (Fsp3) is 0.0400. The van der Waals surface area contributed by atoms with Crippen LogP contribution >= 0.6 is 0 Å². The highest BCUT2D eigenvalue weighted by Crippen LogP contribution is 2.20. The summed E-state index contributed by atoms with van der Waals surface area (Å²) in [6.45, 7) is 0. The molecule has 0 unspecified atom stereocenters. The Kier molecular flexibility index (Phi) is 6.86. The monoisotopic (exact) mass is 439 g/mol. The van der Waals surface area contributed by atoms with Gasteiger partial charge in [-0.3, -0.25) is 14.2 Å². The van der Waals surface area contributed by atoms with Gasteiger partial charge in [0.05, 0.1) is 17.5 Å². The largest absolute Gasteiger partial charge is 0.507 e. The molecule has 0 radical (unpaired) electrons. The maximum absolute atomic E-state index is 12.4. The number of nitrogen functional groups attached to an aromatic ring is 1. The van der Waals surface area contributed by atoms with E-state index in [1.54, 1.807) is 29.0 Å². The summed E-state index contributed by atoms with van der Waals surface area (Å²) in [4.78, 5) is 23.1. The molecule has 1 heterocycles. The Labute approximate surface area is 189 Å². The van der Waals surface area contributed by atoms with E-state index < -0.39 is 5.91 Å². The van der Waals surface area contributed by atoms with Crippen molar-refractivity contribution in [3.63, 3.8) is 0 Å². The lowest BCUT2D eigenvalue weighted by molar-refractivity contribution is 0.0918. The summed E-state index contributed by atoms with van der Waals surface area (Å²) >= 11 is 0. The van der Waals surface area contributed by atoms with E-state index in [0.717, 1.165) is 22.0 Å². The number of nitrogens with zero attached hydrogens (tertiary/aromatic N) is 2. The standard InChI is InChI=1S/C17H15N3O.C8H6N2O2/c18-11-13-2-1-3-16-15(13)8-9-20(16)17(21)10-12-4-6-14(19)7-5-12;9-4-6-3-5(8(10)12)1-2-7(6)11/h1-9,11,18H,10,19H2;1-3,11H,(H2,10,12). The Morgan fingerprint density at radius 1 is 1.09 bits per heavy atom. The molecule has 0 saturated heterocycles. The van der Waals surface area contributed by atoms with Crippen LogP contribution in [0, 0.1) is 16.7 Å². The molecule has 0 bridgehead atoms. The molecule has 0 saturated carbocycles. The van der Waals surface area contributed by atoms with Crippen LogP contribution in [-0.4, -0.2) is 27.7 Å². The van der Waals surface area contributed by atoms with Crippen LogP contribution < -0.4 is 11.5 Å². The average molecular weight is 439 g/mol. The third-order valence-electron chi connectivity index (χ3n) is 4.93. The number of nitrogens with two attached hydrogens (primary N) is 2. The van der Waals surface area contributed by atoms with Crippen LogP contribution in [-0.2, 0) is 6.42 Å². The molecule has 0 aliphatic rings. The number of aromatic nitrogens is 1. The second-order valence-electron chi connectivity index (χ2n) is 7.13. The first-order valence-corrected chi connectivity index (χ1v) is 9.85. The molecule has 1 amide bonds. The molecule has 0 aliphatic carbocycles. The number of nitrogens with one attached hydrogen (secondary N) is 1. The van der Waals surface area contributed by atoms with Crippen LogP contribution in [0.3, 0.4) is 0 Å². The maximum Gasteiger partial charge on any atom is 0.248 e. The van der Waals surface area contributed by atoms with E-state index in [1.165, 1.54) is 24.4 Å². The van der Waals surface area contributed by atoms with Crippen LogP contribution in [0.15, 0.2) is 72.9 Å². The number of hydrogen-bond acceptors (Lipinski definition) is 6. The highest BCUT2D eigenvalue weighted by Gasteiger charge is 2.11. The fourth-order valence-electron chi connectivity index (χ4n) is 3.21. The number of carbonyl (C=O) groups is 2. The number of amides is 1. The molecule has 4 rings (SSSR count). The summed E-state index contributed by atoms with van der Waals surface area (Å²) in [6.07, 6.45) is 3.38. The molecule has 0 atom stereocenters. The maximum atomic E-state index is 12.4. The minimum atomic E-state index is -0.619. The van der Waals surface area contributed by atoms with E-state index in [2.05, 4.69) is 0 Å². The van der Waals surface area contributed by atoms with Gasteiger partial charge in [0.25, 0.3) is 0 Å². The molecule has 164 valence electrons. The van der Waals surface area contributed by atoms with Gasteiger partial charge in [-0.1, -0.05) is 24.3 Å². The molecule has 8 heteroatoms. The minimum Gasteiger partial charge on any atom is -0.507 e. The number of primary amides is 1. The Hall–Kier alpha value is -4.90. The first kappa shape index (κ1) is 22.8. The van der Waals surface area contributed by atoms with Crippen LogP contribution in [0.25, 0.3) is 10.9 Å². The van der Waals surface area contributed by atoms with Crippen molar-refractivity contribution < 1.29 is 14.7 Å². The highest BCUT2D eigenvalue weighted by atomic mass is 16.3. The van der Waals surface area contributed by atoms with Crippen molar-refractivity contribution in [2.45, 2.75) is 6.42 Å². The van der Waals surface area contributed by atoms with E-state index in [9.17, 15) is 9.59 Å². The summed E-state index contributed by atoms with van der Waals surface area (Å²) in [5, 5.41) is 25.8. The second kappa shape index (κ2) is 9.94. The molecule has 1 aromatic heterocycles. The molecule has 33 heavy (non-hydrogen) atoms. The van der Waals surface area contributed by atoms with Crippen LogP contribution in [0.2, 0.25) is 0 Å². The van der Waals surface area contributed by atoms with Gasteiger partial charge in [0.15, 0.2) is 0 Å². The highest BCUT2D eigenvalue weighted by molar-refractivity contribution is 6.01. The van der Waals surface area contributed by atoms with E-state index >= 15 is 0 Å². The Bertz CT molecular complexity index is 1380. The van der Waals surface area contributed by atoms with Crippen LogP contribution in [0.5, 0.6) is 5.75 Å². The topological polar surface area (TPSA) is 159 Å². The SMILES string of the molecule is N#Cc1cc(C(N)=O)ccc1O.N=Cc1cccc2c1ccn2C(=O)Cc1ccc(N)cc1. The number of carbonyl (C=O) groups excluding carboxylic acids is 2. The number of anilines is 1. The molecule has 3 aromatic carbocycles. The van der Waals surface area contributed by atoms with Crippen molar-refractivity contribution >= 4 is 34.6 Å². The zero-order valence-electron chi connectivity index (χ0n) is 17.5. The van der Waals surface area contributed by atoms with Crippen LogP contribution in [0.1, 0.15) is 31.8 Å². The fourth-order valence-corrected chi connectivity index (χ4v) is 3.21. The summed E-state index contributed by atoms with van der Waals surface area (Å²) in [6, 6.07) is 20.4. The smallest absolute Gasteiger partial charge is 0.248 e. The van der Waals surface area contributed by atoms with Gasteiger partial charge in [0.2, 0.25) is 11.8 Å². The number of rotatable bonds is 4. The number of nitriles is 1. The molecular formula is C25H21N5O3. The average Bonchev–Trinajstić information content (AvgIpc) is 3.25. The third kappa shape index (κ3) is 5.24. The normalized spacial score (nSPS) is 10.0. The summed E-state index contributed by atoms with van der Waals surface area (Å²) in [5.41, 5.74) is 14.1. The summed E-state index contributed by atoms with van der Waals surface area (Å²) in [5.74, 6) is -0.772. The van der Waals surface area contributed by atoms with Gasteiger partial charge < -0.3 is 22.0 Å². The van der Waals surface area contributed by atoms with Crippen molar-refractivity contribution in [3.05, 3.63) is 95.2 Å². The summed E-state index contributed by atoms with van der Waals surface area (Å²) in [7, 11) is 0. The van der Waals surface area contributed by atoms with Crippen molar-refractivity contribution in [3.8, 4) is 11.8 Å². The zero-order chi connectivity index (χ0) is 24.0. The first-order chi connectivity index (χ1) is 15.8. The number of fused-ring (bicyclic) bond motifs is 1. The van der Waals surface area contributed by atoms with Gasteiger partial charge in [-0.15, -0.1) is 0 Å². The Morgan fingerprint density at radius 3 is 2.45 bits per heavy atom. The lowest BCUT2D eigenvalue weighted by Crippen LogP contribution is -2.12. The quantitative estimate of drug-likeness (QED) is 0.283. The molecular weight excluding hydrogens is 418 g/mol. The lowest BCUT2D eigenvalue weighted by Gasteiger charge is -2.05. The van der Waals surface area contributed by atoms with E-state index in [1.807, 2.05) is 36.4 Å². The predicted molar refractivity (Wildman–Crippen MR) is 126 cm³/mol. The first-order valence-electron chi connectivity index (χ1n) is 9.85. The van der Waals surface area contributed by atoms with Gasteiger partial charge >= 0.3 is 0 Å². The number of hydrogen-bond donors (Lipinski definition) is 4. The summed E-state index contributed by atoms with van der Waals surface area (Å²) < 4.78 is 1.64. The Morgan fingerprint density at radius 2 is 1.82 bits per heavy atom. The third-order valence-corrected chi connectivity index (χ3v) is 4.93.